The minimum absolute atomic E-state index is 0.0146. The molecule has 1 amide bonds. The fourth-order valence-corrected chi connectivity index (χ4v) is 2.50. The number of carbonyl (C=O) groups excluding carboxylic acids is 1. The second kappa shape index (κ2) is 9.10. The monoisotopic (exact) mass is 342 g/mol. The Bertz CT molecular complexity index is 438. The standard InChI is InChI=1S/C15H23BrN2O2/c1-12-6-7-14(13(16)10-12)17-15(20)11-18(2)8-4-3-5-9-19/h6-7,10,19H,3-5,8-9,11H2,1-2H3,(H,17,20). The number of nitrogens with zero attached hydrogens (tertiary/aromatic N) is 1. The van der Waals surface area contributed by atoms with Gasteiger partial charge in [-0.3, -0.25) is 9.69 Å². The Labute approximate surface area is 129 Å². The van der Waals surface area contributed by atoms with E-state index >= 15 is 0 Å². The molecule has 0 aliphatic heterocycles. The van der Waals surface area contributed by atoms with Gasteiger partial charge in [0.25, 0.3) is 0 Å². The van der Waals surface area contributed by atoms with Crippen molar-refractivity contribution in [3.63, 3.8) is 0 Å². The SMILES string of the molecule is Cc1ccc(NC(=O)CN(C)CCCCCO)c(Br)c1. The van der Waals surface area contributed by atoms with Crippen molar-refractivity contribution >= 4 is 27.5 Å². The number of anilines is 1. The molecule has 0 saturated carbocycles. The third-order valence-corrected chi connectivity index (χ3v) is 3.67. The van der Waals surface area contributed by atoms with Gasteiger partial charge in [0.15, 0.2) is 0 Å². The number of benzene rings is 1. The number of nitrogens with one attached hydrogen (secondary N) is 1. The van der Waals surface area contributed by atoms with E-state index in [0.717, 1.165) is 41.5 Å². The molecule has 0 radical (unpaired) electrons. The molecular weight excluding hydrogens is 320 g/mol. The molecule has 0 atom stereocenters. The molecule has 0 saturated heterocycles. The Kier molecular flexibility index (Phi) is 7.80. The van der Waals surface area contributed by atoms with Crippen LogP contribution in [0.4, 0.5) is 5.69 Å². The van der Waals surface area contributed by atoms with Gasteiger partial charge in [-0.25, -0.2) is 0 Å². The maximum absolute atomic E-state index is 11.9. The van der Waals surface area contributed by atoms with Crippen LogP contribution in [0, 0.1) is 6.92 Å². The van der Waals surface area contributed by atoms with Gasteiger partial charge in [0.05, 0.1) is 12.2 Å². The number of aliphatic hydroxyl groups is 1. The number of carbonyl (C=O) groups is 1. The fraction of sp³-hybridized carbons (Fsp3) is 0.533. The minimum Gasteiger partial charge on any atom is -0.396 e. The molecule has 0 aromatic heterocycles. The summed E-state index contributed by atoms with van der Waals surface area (Å²) in [5, 5.41) is 11.6. The van der Waals surface area contributed by atoms with Crippen LogP contribution < -0.4 is 5.32 Å². The molecule has 0 unspecified atom stereocenters. The zero-order chi connectivity index (χ0) is 15.0. The van der Waals surface area contributed by atoms with Crippen molar-refractivity contribution in [2.45, 2.75) is 26.2 Å². The summed E-state index contributed by atoms with van der Waals surface area (Å²) in [5.41, 5.74) is 1.95. The van der Waals surface area contributed by atoms with Crippen molar-refractivity contribution in [1.29, 1.82) is 0 Å². The van der Waals surface area contributed by atoms with Crippen molar-refractivity contribution < 1.29 is 9.90 Å². The Hall–Kier alpha value is -0.910. The first-order chi connectivity index (χ1) is 9.52. The predicted octanol–water partition coefficient (Wildman–Crippen LogP) is 2.79. The molecule has 0 spiro atoms. The van der Waals surface area contributed by atoms with Crippen LogP contribution >= 0.6 is 15.9 Å². The average molecular weight is 343 g/mol. The van der Waals surface area contributed by atoms with E-state index < -0.39 is 0 Å². The highest BCUT2D eigenvalue weighted by Gasteiger charge is 2.08. The van der Waals surface area contributed by atoms with Gasteiger partial charge in [0.2, 0.25) is 5.91 Å². The van der Waals surface area contributed by atoms with Gasteiger partial charge in [-0.15, -0.1) is 0 Å². The lowest BCUT2D eigenvalue weighted by atomic mass is 10.2. The van der Waals surface area contributed by atoms with Crippen LogP contribution in [0.25, 0.3) is 0 Å². The molecular formula is C15H23BrN2O2. The molecule has 0 aliphatic rings. The normalized spacial score (nSPS) is 10.8. The Balaban J connectivity index is 2.35. The summed E-state index contributed by atoms with van der Waals surface area (Å²) in [7, 11) is 1.93. The first-order valence-corrected chi connectivity index (χ1v) is 7.67. The molecule has 0 heterocycles. The van der Waals surface area contributed by atoms with E-state index in [-0.39, 0.29) is 12.5 Å². The number of amides is 1. The molecule has 20 heavy (non-hydrogen) atoms. The summed E-state index contributed by atoms with van der Waals surface area (Å²) in [4.78, 5) is 13.9. The highest BCUT2D eigenvalue weighted by atomic mass is 79.9. The quantitative estimate of drug-likeness (QED) is 0.714. The Morgan fingerprint density at radius 2 is 2.10 bits per heavy atom. The fourth-order valence-electron chi connectivity index (χ4n) is 1.91. The second-order valence-electron chi connectivity index (χ2n) is 5.05. The zero-order valence-corrected chi connectivity index (χ0v) is 13.7. The first-order valence-electron chi connectivity index (χ1n) is 6.88. The molecule has 2 N–H and O–H groups in total. The van der Waals surface area contributed by atoms with E-state index in [1.54, 1.807) is 0 Å². The van der Waals surface area contributed by atoms with Crippen LogP contribution in [0.5, 0.6) is 0 Å². The minimum atomic E-state index is -0.0146. The number of hydrogen-bond acceptors (Lipinski definition) is 3. The van der Waals surface area contributed by atoms with E-state index in [1.807, 2.05) is 37.1 Å². The maximum Gasteiger partial charge on any atom is 0.238 e. The molecule has 1 rings (SSSR count). The van der Waals surface area contributed by atoms with Crippen LogP contribution in [0.1, 0.15) is 24.8 Å². The molecule has 4 nitrogen and oxygen atoms in total. The van der Waals surface area contributed by atoms with Crippen LogP contribution in [0.3, 0.4) is 0 Å². The number of likely N-dealkylation sites (N-methyl/N-ethyl adjacent to an activating group) is 1. The van der Waals surface area contributed by atoms with Crippen molar-refractivity contribution in [1.82, 2.24) is 4.90 Å². The van der Waals surface area contributed by atoms with Gasteiger partial charge in [-0.2, -0.15) is 0 Å². The molecule has 5 heteroatoms. The number of aliphatic hydroxyl groups excluding tert-OH is 1. The van der Waals surface area contributed by atoms with Crippen molar-refractivity contribution in [3.05, 3.63) is 28.2 Å². The molecule has 0 aliphatic carbocycles. The van der Waals surface area contributed by atoms with E-state index in [2.05, 4.69) is 21.2 Å². The first kappa shape index (κ1) is 17.1. The van der Waals surface area contributed by atoms with Gasteiger partial charge in [-0.05, 0) is 73.4 Å². The van der Waals surface area contributed by atoms with Crippen LogP contribution in [0.2, 0.25) is 0 Å². The lowest BCUT2D eigenvalue weighted by molar-refractivity contribution is -0.117. The maximum atomic E-state index is 11.9. The van der Waals surface area contributed by atoms with Crippen molar-refractivity contribution in [2.24, 2.45) is 0 Å². The topological polar surface area (TPSA) is 52.6 Å². The van der Waals surface area contributed by atoms with E-state index in [4.69, 9.17) is 5.11 Å². The summed E-state index contributed by atoms with van der Waals surface area (Å²) in [5.74, 6) is -0.0146. The molecule has 0 bridgehead atoms. The largest absolute Gasteiger partial charge is 0.396 e. The smallest absolute Gasteiger partial charge is 0.238 e. The van der Waals surface area contributed by atoms with Gasteiger partial charge in [0, 0.05) is 11.1 Å². The molecule has 0 fully saturated rings. The van der Waals surface area contributed by atoms with Crippen LogP contribution in [0.15, 0.2) is 22.7 Å². The van der Waals surface area contributed by atoms with Crippen molar-refractivity contribution in [3.8, 4) is 0 Å². The van der Waals surface area contributed by atoms with Crippen molar-refractivity contribution in [2.75, 3.05) is 32.1 Å². The van der Waals surface area contributed by atoms with E-state index in [1.165, 1.54) is 0 Å². The third kappa shape index (κ3) is 6.50. The van der Waals surface area contributed by atoms with Crippen LogP contribution in [-0.2, 0) is 4.79 Å². The second-order valence-corrected chi connectivity index (χ2v) is 5.91. The number of rotatable bonds is 8. The summed E-state index contributed by atoms with van der Waals surface area (Å²) in [6, 6.07) is 5.85. The highest BCUT2D eigenvalue weighted by molar-refractivity contribution is 9.10. The Morgan fingerprint density at radius 3 is 2.75 bits per heavy atom. The van der Waals surface area contributed by atoms with Gasteiger partial charge in [-0.1, -0.05) is 6.07 Å². The van der Waals surface area contributed by atoms with Gasteiger partial charge < -0.3 is 10.4 Å². The predicted molar refractivity (Wildman–Crippen MR) is 85.9 cm³/mol. The number of unbranched alkanes of at least 4 members (excludes halogenated alkanes) is 2. The summed E-state index contributed by atoms with van der Waals surface area (Å²) in [6.07, 6.45) is 2.82. The van der Waals surface area contributed by atoms with E-state index in [0.29, 0.717) is 6.54 Å². The molecule has 1 aromatic rings. The average Bonchev–Trinajstić information content (AvgIpc) is 2.38. The van der Waals surface area contributed by atoms with Crippen LogP contribution in [-0.4, -0.2) is 42.7 Å². The summed E-state index contributed by atoms with van der Waals surface area (Å²) >= 11 is 3.45. The third-order valence-electron chi connectivity index (χ3n) is 3.01. The van der Waals surface area contributed by atoms with E-state index in [9.17, 15) is 4.79 Å². The number of hydrogen-bond donors (Lipinski definition) is 2. The highest BCUT2D eigenvalue weighted by Crippen LogP contribution is 2.23. The van der Waals surface area contributed by atoms with Gasteiger partial charge in [0.1, 0.15) is 0 Å². The molecule has 112 valence electrons. The Morgan fingerprint density at radius 1 is 1.35 bits per heavy atom. The number of aryl methyl sites for hydroxylation is 1. The lowest BCUT2D eigenvalue weighted by Crippen LogP contribution is -2.31. The molecule has 1 aromatic carbocycles. The number of halogens is 1. The summed E-state index contributed by atoms with van der Waals surface area (Å²) < 4.78 is 0.899. The lowest BCUT2D eigenvalue weighted by Gasteiger charge is -2.16. The van der Waals surface area contributed by atoms with Gasteiger partial charge >= 0.3 is 0 Å². The zero-order valence-electron chi connectivity index (χ0n) is 12.2. The summed E-state index contributed by atoms with van der Waals surface area (Å²) in [6.45, 7) is 3.49.